The summed E-state index contributed by atoms with van der Waals surface area (Å²) in [5, 5.41) is 0.593. The topological polar surface area (TPSA) is 63.7 Å². The van der Waals surface area contributed by atoms with Crippen molar-refractivity contribution in [3.63, 3.8) is 0 Å². The van der Waals surface area contributed by atoms with Crippen molar-refractivity contribution >= 4 is 41.0 Å². The van der Waals surface area contributed by atoms with Gasteiger partial charge in [-0.25, -0.2) is 4.79 Å². The Balaban J connectivity index is 1.67. The normalized spacial score (nSPS) is 23.1. The lowest BCUT2D eigenvalue weighted by molar-refractivity contribution is -0.148. The smallest absolute Gasteiger partial charge is 0.331 e. The van der Waals surface area contributed by atoms with Gasteiger partial charge in [-0.05, 0) is 25.0 Å². The predicted molar refractivity (Wildman–Crippen MR) is 84.2 cm³/mol. The van der Waals surface area contributed by atoms with Crippen LogP contribution in [0.3, 0.4) is 0 Å². The summed E-state index contributed by atoms with van der Waals surface area (Å²) in [4.78, 5) is 37.5. The summed E-state index contributed by atoms with van der Waals surface area (Å²) < 4.78 is 5.12. The summed E-state index contributed by atoms with van der Waals surface area (Å²) in [6, 6.07) is 4.39. The second kappa shape index (κ2) is 6.34. The number of benzene rings is 1. The van der Waals surface area contributed by atoms with Crippen LogP contribution in [0.15, 0.2) is 30.4 Å². The maximum absolute atomic E-state index is 12.3. The van der Waals surface area contributed by atoms with Gasteiger partial charge >= 0.3 is 5.97 Å². The lowest BCUT2D eigenvalue weighted by Gasteiger charge is -2.14. The van der Waals surface area contributed by atoms with Gasteiger partial charge < -0.3 is 4.74 Å². The summed E-state index contributed by atoms with van der Waals surface area (Å²) in [6.07, 6.45) is 4.86. The van der Waals surface area contributed by atoms with E-state index in [-0.39, 0.29) is 34.4 Å². The van der Waals surface area contributed by atoms with E-state index >= 15 is 0 Å². The maximum atomic E-state index is 12.3. The number of imide groups is 1. The minimum Gasteiger partial charge on any atom is -0.425 e. The molecule has 1 aliphatic carbocycles. The van der Waals surface area contributed by atoms with Crippen molar-refractivity contribution in [3.05, 3.63) is 40.4 Å². The summed E-state index contributed by atoms with van der Waals surface area (Å²) in [5.41, 5.74) is 0. The summed E-state index contributed by atoms with van der Waals surface area (Å²) in [7, 11) is 0. The van der Waals surface area contributed by atoms with Crippen LogP contribution in [0.4, 0.5) is 0 Å². The Bertz CT molecular complexity index is 690. The van der Waals surface area contributed by atoms with Gasteiger partial charge in [-0.3, -0.25) is 14.5 Å². The average Bonchev–Trinajstić information content (AvgIpc) is 2.76. The minimum atomic E-state index is -0.698. The number of amides is 2. The molecule has 120 valence electrons. The Morgan fingerprint density at radius 2 is 1.70 bits per heavy atom. The van der Waals surface area contributed by atoms with Crippen LogP contribution in [0.5, 0.6) is 5.75 Å². The monoisotopic (exact) mass is 353 g/mol. The molecule has 0 aromatic heterocycles. The van der Waals surface area contributed by atoms with Crippen LogP contribution < -0.4 is 4.74 Å². The molecule has 0 radical (unpaired) electrons. The van der Waals surface area contributed by atoms with Crippen molar-refractivity contribution < 1.29 is 19.1 Å². The zero-order valence-corrected chi connectivity index (χ0v) is 13.5. The molecule has 1 aromatic rings. The SMILES string of the molecule is O=C(CN1C(=O)[C@H]2CC=CC[C@H]2C1=O)Oc1ccc(Cl)c(Cl)c1. The molecule has 1 fully saturated rings. The van der Waals surface area contributed by atoms with Crippen molar-refractivity contribution in [1.29, 1.82) is 0 Å². The zero-order chi connectivity index (χ0) is 16.6. The van der Waals surface area contributed by atoms with Crippen LogP contribution in [0.25, 0.3) is 0 Å². The van der Waals surface area contributed by atoms with E-state index in [0.29, 0.717) is 17.9 Å². The molecular weight excluding hydrogens is 341 g/mol. The lowest BCUT2D eigenvalue weighted by Crippen LogP contribution is -2.37. The molecule has 1 aromatic carbocycles. The summed E-state index contributed by atoms with van der Waals surface area (Å²) >= 11 is 11.6. The molecule has 2 aliphatic rings. The van der Waals surface area contributed by atoms with E-state index in [4.69, 9.17) is 27.9 Å². The van der Waals surface area contributed by atoms with Crippen LogP contribution >= 0.6 is 23.2 Å². The van der Waals surface area contributed by atoms with Gasteiger partial charge in [0.25, 0.3) is 0 Å². The van der Waals surface area contributed by atoms with Crippen LogP contribution in [0.2, 0.25) is 10.0 Å². The Hall–Kier alpha value is -1.85. The number of fused-ring (bicyclic) bond motifs is 1. The number of halogens is 2. The molecule has 3 rings (SSSR count). The molecule has 2 atom stereocenters. The predicted octanol–water partition coefficient (Wildman–Crippen LogP) is 2.85. The first-order valence-electron chi connectivity index (χ1n) is 7.13. The van der Waals surface area contributed by atoms with E-state index < -0.39 is 12.5 Å². The van der Waals surface area contributed by atoms with Gasteiger partial charge in [0.15, 0.2) is 0 Å². The molecule has 0 bridgehead atoms. The highest BCUT2D eigenvalue weighted by Gasteiger charge is 2.47. The molecular formula is C16H13Cl2NO4. The van der Waals surface area contributed by atoms with Crippen molar-refractivity contribution in [3.8, 4) is 5.75 Å². The van der Waals surface area contributed by atoms with E-state index in [1.165, 1.54) is 18.2 Å². The van der Waals surface area contributed by atoms with E-state index in [0.717, 1.165) is 4.90 Å². The van der Waals surface area contributed by atoms with E-state index in [1.807, 2.05) is 12.2 Å². The van der Waals surface area contributed by atoms with Crippen molar-refractivity contribution in [2.75, 3.05) is 6.54 Å². The van der Waals surface area contributed by atoms with Gasteiger partial charge in [-0.15, -0.1) is 0 Å². The van der Waals surface area contributed by atoms with Crippen molar-refractivity contribution in [2.45, 2.75) is 12.8 Å². The zero-order valence-electron chi connectivity index (χ0n) is 12.0. The number of rotatable bonds is 3. The van der Waals surface area contributed by atoms with Crippen LogP contribution in [-0.4, -0.2) is 29.2 Å². The summed E-state index contributed by atoms with van der Waals surface area (Å²) in [5.74, 6) is -1.82. The Morgan fingerprint density at radius 1 is 1.09 bits per heavy atom. The van der Waals surface area contributed by atoms with Gasteiger partial charge in [0, 0.05) is 6.07 Å². The highest BCUT2D eigenvalue weighted by Crippen LogP contribution is 2.35. The first-order chi connectivity index (χ1) is 11.0. The quantitative estimate of drug-likeness (QED) is 0.362. The highest BCUT2D eigenvalue weighted by molar-refractivity contribution is 6.42. The maximum Gasteiger partial charge on any atom is 0.331 e. The standard InChI is InChI=1S/C16H13Cl2NO4/c17-12-6-5-9(7-13(12)18)23-14(20)8-19-15(21)10-3-1-2-4-11(10)16(19)22/h1-2,5-7,10-11H,3-4,8H2/t10-,11+. The van der Waals surface area contributed by atoms with Gasteiger partial charge in [-0.1, -0.05) is 35.4 Å². The molecule has 0 saturated carbocycles. The highest BCUT2D eigenvalue weighted by atomic mass is 35.5. The molecule has 5 nitrogen and oxygen atoms in total. The second-order valence-corrected chi connectivity index (χ2v) is 6.28. The van der Waals surface area contributed by atoms with Crippen molar-refractivity contribution in [2.24, 2.45) is 11.8 Å². The first kappa shape index (κ1) is 16.0. The third-order valence-corrected chi connectivity index (χ3v) is 4.75. The molecule has 0 N–H and O–H groups in total. The molecule has 1 heterocycles. The van der Waals surface area contributed by atoms with Gasteiger partial charge in [0.05, 0.1) is 21.9 Å². The van der Waals surface area contributed by atoms with Crippen LogP contribution in [-0.2, 0) is 14.4 Å². The first-order valence-corrected chi connectivity index (χ1v) is 7.89. The number of carbonyl (C=O) groups is 3. The number of ether oxygens (including phenoxy) is 1. The molecule has 1 aliphatic heterocycles. The minimum absolute atomic E-state index is 0.211. The third kappa shape index (κ3) is 3.12. The van der Waals surface area contributed by atoms with E-state index in [1.54, 1.807) is 0 Å². The fourth-order valence-corrected chi connectivity index (χ4v) is 3.15. The van der Waals surface area contributed by atoms with Gasteiger partial charge in [0.2, 0.25) is 11.8 Å². The van der Waals surface area contributed by atoms with Crippen LogP contribution in [0.1, 0.15) is 12.8 Å². The molecule has 7 heteroatoms. The molecule has 1 saturated heterocycles. The Labute approximate surface area is 142 Å². The summed E-state index contributed by atoms with van der Waals surface area (Å²) in [6.45, 7) is -0.398. The van der Waals surface area contributed by atoms with E-state index in [2.05, 4.69) is 0 Å². The molecule has 0 unspecified atom stereocenters. The third-order valence-electron chi connectivity index (χ3n) is 4.01. The molecule has 0 spiro atoms. The Morgan fingerprint density at radius 3 is 2.26 bits per heavy atom. The number of carbonyl (C=O) groups excluding carboxylic acids is 3. The molecule has 23 heavy (non-hydrogen) atoms. The number of likely N-dealkylation sites (tertiary alicyclic amines) is 1. The number of hydrogen-bond acceptors (Lipinski definition) is 4. The lowest BCUT2D eigenvalue weighted by atomic mass is 9.85. The van der Waals surface area contributed by atoms with Crippen LogP contribution in [0, 0.1) is 11.8 Å². The van der Waals surface area contributed by atoms with E-state index in [9.17, 15) is 14.4 Å². The average molecular weight is 354 g/mol. The largest absolute Gasteiger partial charge is 0.425 e. The number of allylic oxidation sites excluding steroid dienone is 2. The Kier molecular flexibility index (Phi) is 4.41. The fraction of sp³-hybridized carbons (Fsp3) is 0.312. The van der Waals surface area contributed by atoms with Gasteiger partial charge in [0.1, 0.15) is 12.3 Å². The van der Waals surface area contributed by atoms with Crippen molar-refractivity contribution in [1.82, 2.24) is 4.90 Å². The fourth-order valence-electron chi connectivity index (χ4n) is 2.86. The number of nitrogens with zero attached hydrogens (tertiary/aromatic N) is 1. The second-order valence-electron chi connectivity index (χ2n) is 5.47. The number of hydrogen-bond donors (Lipinski definition) is 0. The molecule has 2 amide bonds. The van der Waals surface area contributed by atoms with Gasteiger partial charge in [-0.2, -0.15) is 0 Å². The number of esters is 1.